The van der Waals surface area contributed by atoms with E-state index in [0.717, 1.165) is 28.0 Å². The van der Waals surface area contributed by atoms with Crippen molar-refractivity contribution >= 4 is 15.9 Å². The summed E-state index contributed by atoms with van der Waals surface area (Å²) in [6.07, 6.45) is 3.85. The van der Waals surface area contributed by atoms with Gasteiger partial charge in [0.25, 0.3) is 0 Å². The summed E-state index contributed by atoms with van der Waals surface area (Å²) >= 11 is 3.60. The second kappa shape index (κ2) is 9.93. The molecule has 0 bridgehead atoms. The van der Waals surface area contributed by atoms with Crippen LogP contribution in [0.1, 0.15) is 55.9 Å². The number of rotatable bonds is 6. The fraction of sp³-hybridized carbons (Fsp3) is 0.400. The molecule has 4 rings (SSSR count). The molecule has 0 unspecified atom stereocenters. The van der Waals surface area contributed by atoms with Crippen LogP contribution in [-0.2, 0) is 24.9 Å². The van der Waals surface area contributed by atoms with Gasteiger partial charge in [-0.05, 0) is 47.9 Å². The summed E-state index contributed by atoms with van der Waals surface area (Å²) in [5, 5.41) is 0. The molecule has 0 spiro atoms. The van der Waals surface area contributed by atoms with Gasteiger partial charge in [0, 0.05) is 21.5 Å². The van der Waals surface area contributed by atoms with Crippen molar-refractivity contribution in [3.05, 3.63) is 106 Å². The third-order valence-electron chi connectivity index (χ3n) is 7.03. The van der Waals surface area contributed by atoms with Crippen molar-refractivity contribution < 1.29 is 4.48 Å². The second-order valence-corrected chi connectivity index (χ2v) is 11.8. The Labute approximate surface area is 203 Å². The lowest BCUT2D eigenvalue weighted by Gasteiger charge is -2.45. The van der Waals surface area contributed by atoms with E-state index in [1.165, 1.54) is 54.6 Å². The number of hydrogen-bond donors (Lipinski definition) is 0. The lowest BCUT2D eigenvalue weighted by molar-refractivity contribution is -0.961. The summed E-state index contributed by atoms with van der Waals surface area (Å²) in [5.74, 6) is 0.739. The number of quaternary nitrogens is 1. The molecule has 168 valence electrons. The summed E-state index contributed by atoms with van der Waals surface area (Å²) < 4.78 is 2.32. The second-order valence-electron chi connectivity index (χ2n) is 10.8. The van der Waals surface area contributed by atoms with Crippen molar-refractivity contribution in [2.45, 2.75) is 58.5 Å². The van der Waals surface area contributed by atoms with E-state index in [9.17, 15) is 0 Å². The molecule has 32 heavy (non-hydrogen) atoms. The number of benzene rings is 3. The average molecular weight is 492 g/mol. The van der Waals surface area contributed by atoms with Gasteiger partial charge in [-0.15, -0.1) is 0 Å². The molecular weight excluding hydrogens is 454 g/mol. The standard InChI is InChI=1S/C30H37BrN/c1-30(2,3)28-15-11-24(12-16-28)20-27-10-7-19-32(23-27,21-25-8-5-4-6-9-25)22-26-13-17-29(31)18-14-26/h4-6,8-9,11-18,27H,7,10,19-23H2,1-3H3/q+1/t27-,32-/m1/s1. The summed E-state index contributed by atoms with van der Waals surface area (Å²) in [5.41, 5.74) is 6.04. The van der Waals surface area contributed by atoms with Crippen molar-refractivity contribution in [1.82, 2.24) is 0 Å². The molecule has 1 nitrogen and oxygen atoms in total. The summed E-state index contributed by atoms with van der Waals surface area (Å²) in [4.78, 5) is 0. The van der Waals surface area contributed by atoms with E-state index in [1.807, 2.05) is 0 Å². The highest BCUT2D eigenvalue weighted by Crippen LogP contribution is 2.32. The third-order valence-corrected chi connectivity index (χ3v) is 7.56. The van der Waals surface area contributed by atoms with E-state index in [4.69, 9.17) is 0 Å². The fourth-order valence-electron chi connectivity index (χ4n) is 5.38. The SMILES string of the molecule is CC(C)(C)c1ccc(C[C@H]2CCC[N@@+](Cc3ccccc3)(Cc3ccc(Br)cc3)C2)cc1. The van der Waals surface area contributed by atoms with E-state index in [1.54, 1.807) is 0 Å². The minimum absolute atomic E-state index is 0.218. The lowest BCUT2D eigenvalue weighted by Crippen LogP contribution is -2.53. The molecule has 0 radical (unpaired) electrons. The van der Waals surface area contributed by atoms with Crippen LogP contribution >= 0.6 is 15.9 Å². The number of likely N-dealkylation sites (tertiary alicyclic amines) is 1. The Bertz CT molecular complexity index is 986. The molecule has 0 N–H and O–H groups in total. The summed E-state index contributed by atoms with van der Waals surface area (Å²) in [6, 6.07) is 29.5. The zero-order valence-corrected chi connectivity index (χ0v) is 21.4. The lowest BCUT2D eigenvalue weighted by atomic mass is 9.85. The first kappa shape index (κ1) is 23.3. The molecule has 0 aliphatic carbocycles. The average Bonchev–Trinajstić information content (AvgIpc) is 2.76. The van der Waals surface area contributed by atoms with Crippen molar-refractivity contribution in [3.63, 3.8) is 0 Å². The van der Waals surface area contributed by atoms with Crippen molar-refractivity contribution in [3.8, 4) is 0 Å². The van der Waals surface area contributed by atoms with Gasteiger partial charge < -0.3 is 4.48 Å². The van der Waals surface area contributed by atoms with Crippen LogP contribution in [0.15, 0.2) is 83.3 Å². The molecule has 1 heterocycles. The van der Waals surface area contributed by atoms with E-state index in [-0.39, 0.29) is 5.41 Å². The maximum atomic E-state index is 3.60. The minimum Gasteiger partial charge on any atom is -0.316 e. The van der Waals surface area contributed by atoms with Gasteiger partial charge >= 0.3 is 0 Å². The first-order chi connectivity index (χ1) is 15.3. The number of nitrogens with zero attached hydrogens (tertiary/aromatic N) is 1. The van der Waals surface area contributed by atoms with Crippen LogP contribution in [0, 0.1) is 5.92 Å². The van der Waals surface area contributed by atoms with Gasteiger partial charge in [-0.25, -0.2) is 0 Å². The van der Waals surface area contributed by atoms with Gasteiger partial charge in [0.1, 0.15) is 13.1 Å². The molecule has 3 aromatic carbocycles. The predicted octanol–water partition coefficient (Wildman–Crippen LogP) is 7.92. The van der Waals surface area contributed by atoms with E-state index >= 15 is 0 Å². The third kappa shape index (κ3) is 6.11. The molecule has 2 atom stereocenters. The van der Waals surface area contributed by atoms with Crippen LogP contribution in [0.5, 0.6) is 0 Å². The summed E-state index contributed by atoms with van der Waals surface area (Å²) in [7, 11) is 0. The maximum Gasteiger partial charge on any atom is 0.105 e. The van der Waals surface area contributed by atoms with Gasteiger partial charge in [0.05, 0.1) is 13.1 Å². The smallest absolute Gasteiger partial charge is 0.105 e. The van der Waals surface area contributed by atoms with Gasteiger partial charge in [-0.1, -0.05) is 103 Å². The highest BCUT2D eigenvalue weighted by atomic mass is 79.9. The van der Waals surface area contributed by atoms with Gasteiger partial charge in [0.15, 0.2) is 0 Å². The highest BCUT2D eigenvalue weighted by Gasteiger charge is 2.35. The van der Waals surface area contributed by atoms with Crippen LogP contribution in [-0.4, -0.2) is 17.6 Å². The molecule has 1 saturated heterocycles. The fourth-order valence-corrected chi connectivity index (χ4v) is 5.64. The van der Waals surface area contributed by atoms with Crippen molar-refractivity contribution in [1.29, 1.82) is 0 Å². The van der Waals surface area contributed by atoms with Crippen LogP contribution in [0.3, 0.4) is 0 Å². The molecule has 1 aliphatic heterocycles. The van der Waals surface area contributed by atoms with Crippen LogP contribution in [0.2, 0.25) is 0 Å². The molecular formula is C30H37BrN+. The van der Waals surface area contributed by atoms with Gasteiger partial charge in [0.2, 0.25) is 0 Å². The Morgan fingerprint density at radius 1 is 0.781 bits per heavy atom. The zero-order chi connectivity index (χ0) is 22.6. The Hall–Kier alpha value is -1.90. The number of hydrogen-bond acceptors (Lipinski definition) is 0. The Kier molecular flexibility index (Phi) is 7.22. The molecule has 3 aromatic rings. The van der Waals surface area contributed by atoms with Crippen LogP contribution in [0.25, 0.3) is 0 Å². The minimum atomic E-state index is 0.218. The maximum absolute atomic E-state index is 3.60. The topological polar surface area (TPSA) is 0 Å². The van der Waals surface area contributed by atoms with Crippen LogP contribution < -0.4 is 0 Å². The molecule has 2 heteroatoms. The normalized spacial score (nSPS) is 21.4. The predicted molar refractivity (Wildman–Crippen MR) is 140 cm³/mol. The number of halogens is 1. The van der Waals surface area contributed by atoms with Gasteiger partial charge in [-0.3, -0.25) is 0 Å². The Morgan fingerprint density at radius 2 is 1.38 bits per heavy atom. The highest BCUT2D eigenvalue weighted by molar-refractivity contribution is 9.10. The molecule has 1 fully saturated rings. The van der Waals surface area contributed by atoms with Crippen molar-refractivity contribution in [2.24, 2.45) is 5.92 Å². The first-order valence-electron chi connectivity index (χ1n) is 12.0. The number of piperidine rings is 1. The molecule has 1 aliphatic rings. The van der Waals surface area contributed by atoms with Crippen molar-refractivity contribution in [2.75, 3.05) is 13.1 Å². The van der Waals surface area contributed by atoms with E-state index < -0.39 is 0 Å². The van der Waals surface area contributed by atoms with Gasteiger partial charge in [-0.2, -0.15) is 0 Å². The van der Waals surface area contributed by atoms with Crippen LogP contribution in [0.4, 0.5) is 0 Å². The molecule has 0 amide bonds. The molecule has 0 aromatic heterocycles. The summed E-state index contributed by atoms with van der Waals surface area (Å²) in [6.45, 7) is 11.6. The molecule has 0 saturated carbocycles. The Morgan fingerprint density at radius 3 is 2.00 bits per heavy atom. The quantitative estimate of drug-likeness (QED) is 0.307. The monoisotopic (exact) mass is 490 g/mol. The first-order valence-corrected chi connectivity index (χ1v) is 12.8. The zero-order valence-electron chi connectivity index (χ0n) is 19.9. The Balaban J connectivity index is 1.53. The van der Waals surface area contributed by atoms with E-state index in [2.05, 4.69) is 116 Å². The van der Waals surface area contributed by atoms with E-state index in [0.29, 0.717) is 0 Å². The largest absolute Gasteiger partial charge is 0.316 e.